The largest absolute Gasteiger partial charge is 0.490 e. The third-order valence-electron chi connectivity index (χ3n) is 3.45. The summed E-state index contributed by atoms with van der Waals surface area (Å²) >= 11 is 5.78. The van der Waals surface area contributed by atoms with E-state index in [1.54, 1.807) is 24.3 Å². The van der Waals surface area contributed by atoms with Crippen molar-refractivity contribution >= 4 is 28.9 Å². The number of hydrogen-bond acceptors (Lipinski definition) is 7. The molecule has 0 fully saturated rings. The second-order valence-corrected chi connectivity index (χ2v) is 5.78. The Bertz CT molecular complexity index is 782. The number of nitrogens with zero attached hydrogens (tertiary/aromatic N) is 1. The maximum Gasteiger partial charge on any atom is 0.338 e. The van der Waals surface area contributed by atoms with Crippen molar-refractivity contribution in [1.82, 2.24) is 0 Å². The molecule has 0 aliphatic carbocycles. The number of ether oxygens (including phenoxy) is 3. The summed E-state index contributed by atoms with van der Waals surface area (Å²) in [7, 11) is 1.53. The third kappa shape index (κ3) is 6.43. The van der Waals surface area contributed by atoms with E-state index >= 15 is 0 Å². The fourth-order valence-corrected chi connectivity index (χ4v) is 2.28. The van der Waals surface area contributed by atoms with Crippen LogP contribution in [0.2, 0.25) is 5.02 Å². The van der Waals surface area contributed by atoms with Crippen molar-refractivity contribution in [1.29, 1.82) is 0 Å². The first-order valence-corrected chi connectivity index (χ1v) is 8.46. The normalized spacial score (nSPS) is 10.3. The molecule has 144 valence electrons. The van der Waals surface area contributed by atoms with Crippen LogP contribution in [0.3, 0.4) is 0 Å². The van der Waals surface area contributed by atoms with Gasteiger partial charge in [0.2, 0.25) is 0 Å². The molecule has 0 radical (unpaired) electrons. The monoisotopic (exact) mass is 394 g/mol. The standard InChI is InChI=1S/C18H19ClN2O6/c1-25-9-8-20-16-7-2-13(12-17(16)21(23)24)18(22)27-11-10-26-15-5-3-14(19)4-6-15/h2-7,12,20H,8-11H2,1H3. The zero-order valence-corrected chi connectivity index (χ0v) is 15.4. The quantitative estimate of drug-likeness (QED) is 0.284. The number of benzene rings is 2. The van der Waals surface area contributed by atoms with Crippen LogP contribution in [-0.4, -0.2) is 44.4 Å². The average Bonchev–Trinajstić information content (AvgIpc) is 2.66. The molecule has 0 aromatic heterocycles. The van der Waals surface area contributed by atoms with Crippen molar-refractivity contribution in [3.8, 4) is 5.75 Å². The van der Waals surface area contributed by atoms with Gasteiger partial charge in [-0.3, -0.25) is 10.1 Å². The van der Waals surface area contributed by atoms with Gasteiger partial charge in [-0.25, -0.2) is 4.79 Å². The van der Waals surface area contributed by atoms with Crippen LogP contribution in [0, 0.1) is 10.1 Å². The van der Waals surface area contributed by atoms with Crippen LogP contribution < -0.4 is 10.1 Å². The summed E-state index contributed by atoms with van der Waals surface area (Å²) in [6, 6.07) is 10.9. The summed E-state index contributed by atoms with van der Waals surface area (Å²) in [5.74, 6) is -0.0705. The van der Waals surface area contributed by atoms with E-state index in [-0.39, 0.29) is 24.5 Å². The molecule has 2 aromatic rings. The first kappa shape index (κ1) is 20.5. The maximum atomic E-state index is 12.1. The van der Waals surface area contributed by atoms with Crippen molar-refractivity contribution in [2.24, 2.45) is 0 Å². The first-order chi connectivity index (χ1) is 13.0. The number of methoxy groups -OCH3 is 1. The molecule has 2 aromatic carbocycles. The molecule has 0 amide bonds. The fraction of sp³-hybridized carbons (Fsp3) is 0.278. The van der Waals surface area contributed by atoms with Gasteiger partial charge in [0.05, 0.1) is 17.1 Å². The minimum atomic E-state index is -0.666. The third-order valence-corrected chi connectivity index (χ3v) is 3.70. The molecular weight excluding hydrogens is 376 g/mol. The number of hydrogen-bond donors (Lipinski definition) is 1. The van der Waals surface area contributed by atoms with Crippen molar-refractivity contribution < 1.29 is 23.9 Å². The van der Waals surface area contributed by atoms with Crippen molar-refractivity contribution in [3.63, 3.8) is 0 Å². The summed E-state index contributed by atoms with van der Waals surface area (Å²) in [5.41, 5.74) is 0.183. The highest BCUT2D eigenvalue weighted by molar-refractivity contribution is 6.30. The summed E-state index contributed by atoms with van der Waals surface area (Å²) in [4.78, 5) is 22.8. The molecular formula is C18H19ClN2O6. The van der Waals surface area contributed by atoms with E-state index in [0.29, 0.717) is 29.6 Å². The molecule has 0 saturated carbocycles. The number of esters is 1. The molecule has 0 heterocycles. The lowest BCUT2D eigenvalue weighted by Crippen LogP contribution is -2.13. The lowest BCUT2D eigenvalue weighted by molar-refractivity contribution is -0.384. The molecule has 0 aliphatic heterocycles. The van der Waals surface area contributed by atoms with Gasteiger partial charge in [-0.15, -0.1) is 0 Å². The van der Waals surface area contributed by atoms with Crippen LogP contribution in [0.5, 0.6) is 5.75 Å². The van der Waals surface area contributed by atoms with Gasteiger partial charge in [0.1, 0.15) is 24.7 Å². The zero-order valence-electron chi connectivity index (χ0n) is 14.6. The van der Waals surface area contributed by atoms with Crippen LogP contribution >= 0.6 is 11.6 Å². The molecule has 27 heavy (non-hydrogen) atoms. The van der Waals surface area contributed by atoms with Crippen LogP contribution in [0.4, 0.5) is 11.4 Å². The van der Waals surface area contributed by atoms with E-state index in [9.17, 15) is 14.9 Å². The highest BCUT2D eigenvalue weighted by Crippen LogP contribution is 2.25. The number of halogens is 1. The lowest BCUT2D eigenvalue weighted by Gasteiger charge is -2.09. The van der Waals surface area contributed by atoms with Gasteiger partial charge in [-0.1, -0.05) is 11.6 Å². The second-order valence-electron chi connectivity index (χ2n) is 5.35. The van der Waals surface area contributed by atoms with E-state index in [0.717, 1.165) is 0 Å². The van der Waals surface area contributed by atoms with Crippen molar-refractivity contribution in [2.45, 2.75) is 0 Å². The Morgan fingerprint density at radius 3 is 2.56 bits per heavy atom. The van der Waals surface area contributed by atoms with E-state index in [1.165, 1.54) is 25.3 Å². The Morgan fingerprint density at radius 1 is 1.15 bits per heavy atom. The smallest absolute Gasteiger partial charge is 0.338 e. The highest BCUT2D eigenvalue weighted by atomic mass is 35.5. The van der Waals surface area contributed by atoms with E-state index in [2.05, 4.69) is 5.32 Å². The minimum absolute atomic E-state index is 0.00307. The van der Waals surface area contributed by atoms with E-state index < -0.39 is 10.9 Å². The summed E-state index contributed by atoms with van der Waals surface area (Å²) in [6.45, 7) is 0.951. The molecule has 0 spiro atoms. The molecule has 0 bridgehead atoms. The Labute approximate surface area is 161 Å². The van der Waals surface area contributed by atoms with Crippen molar-refractivity contribution in [3.05, 3.63) is 63.2 Å². The van der Waals surface area contributed by atoms with Gasteiger partial charge in [0.15, 0.2) is 0 Å². The van der Waals surface area contributed by atoms with Crippen LogP contribution in [0.1, 0.15) is 10.4 Å². The number of nitrogens with one attached hydrogen (secondary N) is 1. The van der Waals surface area contributed by atoms with Gasteiger partial charge >= 0.3 is 5.97 Å². The molecule has 0 aliphatic rings. The van der Waals surface area contributed by atoms with Gasteiger partial charge < -0.3 is 19.5 Å². The number of rotatable bonds is 10. The van der Waals surface area contributed by atoms with E-state index in [1.807, 2.05) is 0 Å². The molecule has 2 rings (SSSR count). The Kier molecular flexibility index (Phi) is 7.84. The Morgan fingerprint density at radius 2 is 1.89 bits per heavy atom. The molecule has 9 heteroatoms. The average molecular weight is 395 g/mol. The summed E-state index contributed by atoms with van der Waals surface area (Å²) < 4.78 is 15.4. The van der Waals surface area contributed by atoms with Crippen LogP contribution in [0.15, 0.2) is 42.5 Å². The minimum Gasteiger partial charge on any atom is -0.490 e. The molecule has 0 saturated heterocycles. The molecule has 0 atom stereocenters. The number of anilines is 1. The Hall–Kier alpha value is -2.84. The van der Waals surface area contributed by atoms with Gasteiger partial charge in [-0.2, -0.15) is 0 Å². The highest BCUT2D eigenvalue weighted by Gasteiger charge is 2.18. The second kappa shape index (κ2) is 10.3. The Balaban J connectivity index is 1.90. The molecule has 8 nitrogen and oxygen atoms in total. The fourth-order valence-electron chi connectivity index (χ4n) is 2.15. The predicted octanol–water partition coefficient (Wildman–Crippen LogP) is 3.54. The van der Waals surface area contributed by atoms with Crippen LogP contribution in [-0.2, 0) is 9.47 Å². The summed E-state index contributed by atoms with van der Waals surface area (Å²) in [6.07, 6.45) is 0. The van der Waals surface area contributed by atoms with Gasteiger partial charge in [0.25, 0.3) is 5.69 Å². The van der Waals surface area contributed by atoms with Gasteiger partial charge in [0, 0.05) is 24.7 Å². The number of carbonyl (C=O) groups is 1. The van der Waals surface area contributed by atoms with Crippen LogP contribution in [0.25, 0.3) is 0 Å². The van der Waals surface area contributed by atoms with Gasteiger partial charge in [-0.05, 0) is 36.4 Å². The topological polar surface area (TPSA) is 99.9 Å². The zero-order chi connectivity index (χ0) is 19.6. The number of carbonyl (C=O) groups excluding carboxylic acids is 1. The maximum absolute atomic E-state index is 12.1. The number of nitro benzene ring substituents is 1. The van der Waals surface area contributed by atoms with E-state index in [4.69, 9.17) is 25.8 Å². The first-order valence-electron chi connectivity index (χ1n) is 8.08. The summed E-state index contributed by atoms with van der Waals surface area (Å²) in [5, 5.41) is 14.7. The molecule has 1 N–H and O–H groups in total. The number of nitro groups is 1. The SMILES string of the molecule is COCCNc1ccc(C(=O)OCCOc2ccc(Cl)cc2)cc1[N+](=O)[O-]. The molecule has 0 unspecified atom stereocenters. The predicted molar refractivity (Wildman–Crippen MR) is 101 cm³/mol. The van der Waals surface area contributed by atoms with Crippen molar-refractivity contribution in [2.75, 3.05) is 38.8 Å². The lowest BCUT2D eigenvalue weighted by atomic mass is 10.1.